The van der Waals surface area contributed by atoms with Gasteiger partial charge in [0.15, 0.2) is 0 Å². The van der Waals surface area contributed by atoms with E-state index in [1.54, 1.807) is 16.8 Å². The Morgan fingerprint density at radius 3 is 2.72 bits per heavy atom. The molecular formula is C20H17N5O3S. The van der Waals surface area contributed by atoms with Gasteiger partial charge in [-0.2, -0.15) is 4.68 Å². The van der Waals surface area contributed by atoms with Crippen LogP contribution in [0.15, 0.2) is 62.9 Å². The summed E-state index contributed by atoms with van der Waals surface area (Å²) in [4.78, 5) is 23.3. The van der Waals surface area contributed by atoms with Gasteiger partial charge in [-0.15, -0.1) is 5.10 Å². The molecule has 4 rings (SSSR count). The number of nitrogens with zero attached hydrogens (tertiary/aromatic N) is 4. The molecule has 0 saturated heterocycles. The molecule has 2 aromatic carbocycles. The molecule has 8 nitrogen and oxygen atoms in total. The minimum absolute atomic E-state index is 0.193. The van der Waals surface area contributed by atoms with Crippen molar-refractivity contribution in [1.82, 2.24) is 20.2 Å². The molecule has 0 radical (unpaired) electrons. The normalized spacial score (nSPS) is 11.0. The van der Waals surface area contributed by atoms with Gasteiger partial charge in [0.1, 0.15) is 5.58 Å². The molecule has 0 unspecified atom stereocenters. The molecule has 0 saturated carbocycles. The molecule has 4 aromatic rings. The van der Waals surface area contributed by atoms with Gasteiger partial charge in [-0.25, -0.2) is 4.79 Å². The number of hydrogen-bond donors (Lipinski definition) is 1. The van der Waals surface area contributed by atoms with E-state index in [-0.39, 0.29) is 5.91 Å². The van der Waals surface area contributed by atoms with Crippen molar-refractivity contribution in [1.29, 1.82) is 0 Å². The first kappa shape index (κ1) is 18.9. The van der Waals surface area contributed by atoms with E-state index in [2.05, 4.69) is 20.8 Å². The monoisotopic (exact) mass is 407 g/mol. The Labute approximate surface area is 169 Å². The standard InChI is InChI=1S/C20H17N5O3S/c1-12-3-6-16(7-4-12)25-20(22-23-24-25)29-11-14-9-19(27)28-18-10-15(21-13(2)26)5-8-17(14)18/h3-10H,11H2,1-2H3,(H,21,26). The number of tetrazole rings is 1. The third-order valence-corrected chi connectivity index (χ3v) is 5.19. The largest absolute Gasteiger partial charge is 0.423 e. The zero-order valence-corrected chi connectivity index (χ0v) is 16.6. The molecule has 0 aliphatic heterocycles. The lowest BCUT2D eigenvalue weighted by molar-refractivity contribution is -0.114. The summed E-state index contributed by atoms with van der Waals surface area (Å²) in [6, 6.07) is 14.6. The summed E-state index contributed by atoms with van der Waals surface area (Å²) in [6.07, 6.45) is 0. The molecule has 0 aliphatic carbocycles. The first-order valence-electron chi connectivity index (χ1n) is 8.82. The third kappa shape index (κ3) is 4.19. The van der Waals surface area contributed by atoms with E-state index in [0.717, 1.165) is 22.2 Å². The number of thioether (sulfide) groups is 1. The summed E-state index contributed by atoms with van der Waals surface area (Å²) in [7, 11) is 0. The topological polar surface area (TPSA) is 103 Å². The molecule has 146 valence electrons. The van der Waals surface area contributed by atoms with Crippen molar-refractivity contribution >= 4 is 34.3 Å². The average Bonchev–Trinajstić information content (AvgIpc) is 3.14. The highest BCUT2D eigenvalue weighted by Gasteiger charge is 2.12. The van der Waals surface area contributed by atoms with Crippen molar-refractivity contribution < 1.29 is 9.21 Å². The summed E-state index contributed by atoms with van der Waals surface area (Å²) in [5.41, 5.74) is 3.34. The number of aromatic nitrogens is 4. The fourth-order valence-electron chi connectivity index (χ4n) is 2.89. The van der Waals surface area contributed by atoms with Crippen LogP contribution in [-0.4, -0.2) is 26.1 Å². The molecule has 29 heavy (non-hydrogen) atoms. The van der Waals surface area contributed by atoms with Crippen LogP contribution in [-0.2, 0) is 10.5 Å². The lowest BCUT2D eigenvalue weighted by Crippen LogP contribution is -2.06. The molecule has 0 atom stereocenters. The van der Waals surface area contributed by atoms with E-state index >= 15 is 0 Å². The van der Waals surface area contributed by atoms with E-state index < -0.39 is 5.63 Å². The first-order chi connectivity index (χ1) is 14.0. The second-order valence-electron chi connectivity index (χ2n) is 6.48. The summed E-state index contributed by atoms with van der Waals surface area (Å²) < 4.78 is 6.96. The number of aryl methyl sites for hydroxylation is 1. The summed E-state index contributed by atoms with van der Waals surface area (Å²) in [6.45, 7) is 3.44. The number of benzene rings is 2. The van der Waals surface area contributed by atoms with Crippen molar-refractivity contribution in [2.75, 3.05) is 5.32 Å². The molecule has 0 spiro atoms. The molecular weight excluding hydrogens is 390 g/mol. The van der Waals surface area contributed by atoms with Crippen LogP contribution in [0.3, 0.4) is 0 Å². The highest BCUT2D eigenvalue weighted by molar-refractivity contribution is 7.98. The van der Waals surface area contributed by atoms with Gasteiger partial charge >= 0.3 is 5.63 Å². The molecule has 0 bridgehead atoms. The maximum Gasteiger partial charge on any atom is 0.336 e. The molecule has 1 amide bonds. The molecule has 9 heteroatoms. The van der Waals surface area contributed by atoms with Gasteiger partial charge in [-0.05, 0) is 47.2 Å². The van der Waals surface area contributed by atoms with Crippen LogP contribution in [0.5, 0.6) is 0 Å². The quantitative estimate of drug-likeness (QED) is 0.400. The van der Waals surface area contributed by atoms with E-state index in [1.165, 1.54) is 24.8 Å². The molecule has 0 aliphatic rings. The SMILES string of the molecule is CC(=O)Nc1ccc2c(CSc3nnnn3-c3ccc(C)cc3)cc(=O)oc2c1. The van der Waals surface area contributed by atoms with E-state index in [1.807, 2.05) is 37.3 Å². The van der Waals surface area contributed by atoms with Gasteiger partial charge in [0, 0.05) is 35.9 Å². The van der Waals surface area contributed by atoms with E-state index in [9.17, 15) is 9.59 Å². The maximum atomic E-state index is 12.0. The predicted octanol–water partition coefficient (Wildman–Crippen LogP) is 3.33. The van der Waals surface area contributed by atoms with Gasteiger partial charge in [0.05, 0.1) is 5.69 Å². The second-order valence-corrected chi connectivity index (χ2v) is 7.42. The fraction of sp³-hybridized carbons (Fsp3) is 0.150. The number of fused-ring (bicyclic) bond motifs is 1. The number of carbonyl (C=O) groups excluding carboxylic acids is 1. The number of anilines is 1. The van der Waals surface area contributed by atoms with Crippen molar-refractivity contribution in [3.8, 4) is 5.69 Å². The first-order valence-corrected chi connectivity index (χ1v) is 9.81. The Morgan fingerprint density at radius 2 is 1.97 bits per heavy atom. The zero-order chi connectivity index (χ0) is 20.4. The number of nitrogens with one attached hydrogen (secondary N) is 1. The predicted molar refractivity (Wildman–Crippen MR) is 110 cm³/mol. The number of hydrogen-bond acceptors (Lipinski definition) is 7. The number of amides is 1. The van der Waals surface area contributed by atoms with Gasteiger partial charge in [0.2, 0.25) is 11.1 Å². The lowest BCUT2D eigenvalue weighted by Gasteiger charge is -2.08. The highest BCUT2D eigenvalue weighted by Crippen LogP contribution is 2.27. The number of rotatable bonds is 5. The Hall–Kier alpha value is -3.46. The zero-order valence-electron chi connectivity index (χ0n) is 15.7. The second kappa shape index (κ2) is 7.88. The van der Waals surface area contributed by atoms with Gasteiger partial charge < -0.3 is 9.73 Å². The van der Waals surface area contributed by atoms with Gasteiger partial charge in [-0.3, -0.25) is 4.79 Å². The Kier molecular flexibility index (Phi) is 5.13. The molecule has 1 N–H and O–H groups in total. The van der Waals surface area contributed by atoms with Crippen LogP contribution in [0, 0.1) is 6.92 Å². The lowest BCUT2D eigenvalue weighted by atomic mass is 10.1. The minimum atomic E-state index is -0.453. The van der Waals surface area contributed by atoms with Gasteiger partial charge in [0.25, 0.3) is 0 Å². The molecule has 2 heterocycles. The Balaban J connectivity index is 1.62. The van der Waals surface area contributed by atoms with Crippen molar-refractivity contribution in [3.05, 3.63) is 70.1 Å². The van der Waals surface area contributed by atoms with Crippen LogP contribution in [0.2, 0.25) is 0 Å². The number of carbonyl (C=O) groups is 1. The summed E-state index contributed by atoms with van der Waals surface area (Å²) in [5, 5.41) is 16.0. The van der Waals surface area contributed by atoms with Crippen molar-refractivity contribution in [2.45, 2.75) is 24.8 Å². The maximum absolute atomic E-state index is 12.0. The van der Waals surface area contributed by atoms with Crippen LogP contribution < -0.4 is 10.9 Å². The van der Waals surface area contributed by atoms with Crippen LogP contribution >= 0.6 is 11.8 Å². The Morgan fingerprint density at radius 1 is 1.17 bits per heavy atom. The van der Waals surface area contributed by atoms with Crippen molar-refractivity contribution in [3.63, 3.8) is 0 Å². The molecule has 2 aromatic heterocycles. The van der Waals surface area contributed by atoms with Gasteiger partial charge in [-0.1, -0.05) is 29.5 Å². The van der Waals surface area contributed by atoms with E-state index in [0.29, 0.717) is 22.2 Å². The molecule has 0 fully saturated rings. The minimum Gasteiger partial charge on any atom is -0.423 e. The highest BCUT2D eigenvalue weighted by atomic mass is 32.2. The summed E-state index contributed by atoms with van der Waals surface area (Å²) >= 11 is 1.42. The van der Waals surface area contributed by atoms with Crippen LogP contribution in [0.4, 0.5) is 5.69 Å². The van der Waals surface area contributed by atoms with Crippen molar-refractivity contribution in [2.24, 2.45) is 0 Å². The third-order valence-electron chi connectivity index (χ3n) is 4.23. The van der Waals surface area contributed by atoms with Crippen LogP contribution in [0.1, 0.15) is 18.1 Å². The van der Waals surface area contributed by atoms with E-state index in [4.69, 9.17) is 4.42 Å². The Bertz CT molecular complexity index is 1250. The summed E-state index contributed by atoms with van der Waals surface area (Å²) in [5.74, 6) is 0.287. The smallest absolute Gasteiger partial charge is 0.336 e. The van der Waals surface area contributed by atoms with Crippen LogP contribution in [0.25, 0.3) is 16.7 Å². The average molecular weight is 407 g/mol. The fourth-order valence-corrected chi connectivity index (χ4v) is 3.77.